The topological polar surface area (TPSA) is 62.1 Å². The first-order valence-electron chi connectivity index (χ1n) is 8.11. The van der Waals surface area contributed by atoms with Gasteiger partial charge in [-0.2, -0.15) is 5.26 Å². The summed E-state index contributed by atoms with van der Waals surface area (Å²) in [6.45, 7) is 4.87. The van der Waals surface area contributed by atoms with Crippen molar-refractivity contribution < 1.29 is 9.53 Å². The molecular formula is C20H22N2O2. The Kier molecular flexibility index (Phi) is 6.53. The Morgan fingerprint density at radius 2 is 1.92 bits per heavy atom. The zero-order valence-electron chi connectivity index (χ0n) is 14.1. The van der Waals surface area contributed by atoms with Gasteiger partial charge in [-0.1, -0.05) is 42.5 Å². The van der Waals surface area contributed by atoms with E-state index in [2.05, 4.69) is 11.4 Å². The number of benzene rings is 2. The molecular weight excluding hydrogens is 300 g/mol. The van der Waals surface area contributed by atoms with E-state index in [9.17, 15) is 10.1 Å². The van der Waals surface area contributed by atoms with Gasteiger partial charge < -0.3 is 10.1 Å². The van der Waals surface area contributed by atoms with E-state index >= 15 is 0 Å². The SMILES string of the molecule is CCOC(=O)CC(C)NCc1ccc(-c2ccccc2C#N)cc1. The molecule has 4 nitrogen and oxygen atoms in total. The van der Waals surface area contributed by atoms with E-state index in [4.69, 9.17) is 4.74 Å². The lowest BCUT2D eigenvalue weighted by Crippen LogP contribution is -2.28. The Labute approximate surface area is 143 Å². The molecule has 0 aliphatic rings. The Morgan fingerprint density at radius 3 is 2.58 bits per heavy atom. The van der Waals surface area contributed by atoms with Crippen molar-refractivity contribution in [1.29, 1.82) is 5.26 Å². The molecule has 0 amide bonds. The Morgan fingerprint density at radius 1 is 1.21 bits per heavy atom. The summed E-state index contributed by atoms with van der Waals surface area (Å²) in [7, 11) is 0. The highest BCUT2D eigenvalue weighted by Gasteiger charge is 2.09. The zero-order chi connectivity index (χ0) is 17.4. The fraction of sp³-hybridized carbons (Fsp3) is 0.300. The van der Waals surface area contributed by atoms with Crippen LogP contribution in [-0.4, -0.2) is 18.6 Å². The number of nitrogens with zero attached hydrogens (tertiary/aromatic N) is 1. The molecule has 124 valence electrons. The molecule has 2 aromatic carbocycles. The first-order chi connectivity index (χ1) is 11.6. The van der Waals surface area contributed by atoms with Crippen LogP contribution in [0.15, 0.2) is 48.5 Å². The largest absolute Gasteiger partial charge is 0.466 e. The summed E-state index contributed by atoms with van der Waals surface area (Å²) in [6.07, 6.45) is 0.363. The zero-order valence-corrected chi connectivity index (χ0v) is 14.1. The van der Waals surface area contributed by atoms with Gasteiger partial charge in [-0.25, -0.2) is 0 Å². The number of hydrogen-bond acceptors (Lipinski definition) is 4. The summed E-state index contributed by atoms with van der Waals surface area (Å²) < 4.78 is 4.95. The molecule has 0 aromatic heterocycles. The van der Waals surface area contributed by atoms with E-state index in [0.717, 1.165) is 16.7 Å². The number of rotatable bonds is 7. The lowest BCUT2D eigenvalue weighted by Gasteiger charge is -2.13. The minimum absolute atomic E-state index is 0.0584. The molecule has 24 heavy (non-hydrogen) atoms. The Bertz CT molecular complexity index is 717. The maximum absolute atomic E-state index is 11.4. The summed E-state index contributed by atoms with van der Waals surface area (Å²) in [6, 6.07) is 18.0. The molecule has 2 aromatic rings. The van der Waals surface area contributed by atoms with Crippen molar-refractivity contribution in [3.63, 3.8) is 0 Å². The number of ether oxygens (including phenoxy) is 1. The van der Waals surface area contributed by atoms with E-state index in [0.29, 0.717) is 25.1 Å². The Balaban J connectivity index is 1.95. The summed E-state index contributed by atoms with van der Waals surface area (Å²) in [5, 5.41) is 12.5. The van der Waals surface area contributed by atoms with Gasteiger partial charge in [0.1, 0.15) is 0 Å². The highest BCUT2D eigenvalue weighted by molar-refractivity contribution is 5.70. The summed E-state index contributed by atoms with van der Waals surface area (Å²) in [4.78, 5) is 11.4. The number of carbonyl (C=O) groups excluding carboxylic acids is 1. The number of nitriles is 1. The molecule has 0 bridgehead atoms. The van der Waals surface area contributed by atoms with E-state index in [1.165, 1.54) is 0 Å². The molecule has 0 saturated carbocycles. The number of carbonyl (C=O) groups is 1. The van der Waals surface area contributed by atoms with E-state index < -0.39 is 0 Å². The van der Waals surface area contributed by atoms with Crippen LogP contribution in [-0.2, 0) is 16.1 Å². The number of hydrogen-bond donors (Lipinski definition) is 1. The summed E-state index contributed by atoms with van der Waals surface area (Å²) in [5.41, 5.74) is 3.76. The fourth-order valence-electron chi connectivity index (χ4n) is 2.47. The van der Waals surface area contributed by atoms with Gasteiger partial charge in [0, 0.05) is 12.6 Å². The van der Waals surface area contributed by atoms with Gasteiger partial charge in [-0.3, -0.25) is 4.79 Å². The lowest BCUT2D eigenvalue weighted by atomic mass is 9.99. The molecule has 0 aliphatic heterocycles. The lowest BCUT2D eigenvalue weighted by molar-refractivity contribution is -0.143. The van der Waals surface area contributed by atoms with Crippen LogP contribution in [0, 0.1) is 11.3 Å². The summed E-state index contributed by atoms with van der Waals surface area (Å²) >= 11 is 0. The third-order valence-electron chi connectivity index (χ3n) is 3.75. The van der Waals surface area contributed by atoms with E-state index in [1.807, 2.05) is 62.4 Å². The molecule has 0 aliphatic carbocycles. The van der Waals surface area contributed by atoms with Crippen molar-refractivity contribution in [3.05, 3.63) is 59.7 Å². The average molecular weight is 322 g/mol. The number of esters is 1. The number of nitrogens with one attached hydrogen (secondary N) is 1. The van der Waals surface area contributed by atoms with Gasteiger partial charge in [-0.05, 0) is 36.6 Å². The highest BCUT2D eigenvalue weighted by atomic mass is 16.5. The van der Waals surface area contributed by atoms with E-state index in [1.54, 1.807) is 0 Å². The first-order valence-corrected chi connectivity index (χ1v) is 8.11. The second-order valence-corrected chi connectivity index (χ2v) is 5.65. The van der Waals surface area contributed by atoms with Crippen LogP contribution < -0.4 is 5.32 Å². The van der Waals surface area contributed by atoms with Crippen LogP contribution in [0.4, 0.5) is 0 Å². The second-order valence-electron chi connectivity index (χ2n) is 5.65. The van der Waals surface area contributed by atoms with Gasteiger partial charge in [0.2, 0.25) is 0 Å². The van der Waals surface area contributed by atoms with E-state index in [-0.39, 0.29) is 12.0 Å². The molecule has 0 fully saturated rings. The van der Waals surface area contributed by atoms with Gasteiger partial charge in [0.25, 0.3) is 0 Å². The van der Waals surface area contributed by atoms with Crippen LogP contribution in [0.2, 0.25) is 0 Å². The quantitative estimate of drug-likeness (QED) is 0.790. The van der Waals surface area contributed by atoms with Crippen LogP contribution in [0.1, 0.15) is 31.4 Å². The minimum atomic E-state index is -0.180. The molecule has 0 heterocycles. The van der Waals surface area contributed by atoms with Crippen molar-refractivity contribution in [1.82, 2.24) is 5.32 Å². The molecule has 2 rings (SSSR count). The van der Waals surface area contributed by atoms with Gasteiger partial charge in [0.15, 0.2) is 0 Å². The first kappa shape index (κ1) is 17.7. The van der Waals surface area contributed by atoms with Crippen LogP contribution in [0.3, 0.4) is 0 Å². The van der Waals surface area contributed by atoms with Crippen molar-refractivity contribution in [3.8, 4) is 17.2 Å². The van der Waals surface area contributed by atoms with Crippen molar-refractivity contribution >= 4 is 5.97 Å². The van der Waals surface area contributed by atoms with Gasteiger partial charge >= 0.3 is 5.97 Å². The summed E-state index contributed by atoms with van der Waals surface area (Å²) in [5.74, 6) is -0.180. The second kappa shape index (κ2) is 8.85. The minimum Gasteiger partial charge on any atom is -0.466 e. The van der Waals surface area contributed by atoms with Crippen LogP contribution in [0.5, 0.6) is 0 Å². The Hall–Kier alpha value is -2.64. The third-order valence-corrected chi connectivity index (χ3v) is 3.75. The smallest absolute Gasteiger partial charge is 0.307 e. The maximum atomic E-state index is 11.4. The van der Waals surface area contributed by atoms with Gasteiger partial charge in [-0.15, -0.1) is 0 Å². The monoisotopic (exact) mass is 322 g/mol. The molecule has 1 unspecified atom stereocenters. The molecule has 0 saturated heterocycles. The standard InChI is InChI=1S/C20H22N2O2/c1-3-24-20(23)12-15(2)22-14-16-8-10-17(11-9-16)19-7-5-4-6-18(19)13-21/h4-11,15,22H,3,12,14H2,1-2H3. The molecule has 0 radical (unpaired) electrons. The molecule has 1 atom stereocenters. The average Bonchev–Trinajstić information content (AvgIpc) is 2.60. The predicted molar refractivity (Wildman–Crippen MR) is 94.1 cm³/mol. The van der Waals surface area contributed by atoms with Crippen molar-refractivity contribution in [2.24, 2.45) is 0 Å². The van der Waals surface area contributed by atoms with Crippen molar-refractivity contribution in [2.45, 2.75) is 32.9 Å². The molecule has 4 heteroatoms. The molecule has 0 spiro atoms. The normalized spacial score (nSPS) is 11.5. The van der Waals surface area contributed by atoms with Crippen molar-refractivity contribution in [2.75, 3.05) is 6.61 Å². The fourth-order valence-corrected chi connectivity index (χ4v) is 2.47. The van der Waals surface area contributed by atoms with Gasteiger partial charge in [0.05, 0.1) is 24.7 Å². The molecule has 1 N–H and O–H groups in total. The highest BCUT2D eigenvalue weighted by Crippen LogP contribution is 2.23. The van der Waals surface area contributed by atoms with Crippen LogP contribution in [0.25, 0.3) is 11.1 Å². The predicted octanol–water partition coefficient (Wildman–Crippen LogP) is 3.66. The maximum Gasteiger partial charge on any atom is 0.307 e. The van der Waals surface area contributed by atoms with Crippen LogP contribution >= 0.6 is 0 Å². The third kappa shape index (κ3) is 4.94.